The van der Waals surface area contributed by atoms with Gasteiger partial charge in [0.2, 0.25) is 0 Å². The number of nitrogens with zero attached hydrogens (tertiary/aromatic N) is 2. The van der Waals surface area contributed by atoms with Crippen molar-refractivity contribution in [3.05, 3.63) is 255 Å². The van der Waals surface area contributed by atoms with Gasteiger partial charge in [0.05, 0.1) is 11.0 Å². The van der Waals surface area contributed by atoms with Crippen molar-refractivity contribution in [1.29, 1.82) is 0 Å². The van der Waals surface area contributed by atoms with Crippen molar-refractivity contribution in [1.82, 2.24) is 4.57 Å². The topological polar surface area (TPSA) is 21.3 Å². The van der Waals surface area contributed by atoms with Crippen molar-refractivity contribution in [3.8, 4) is 39.1 Å². The fourth-order valence-electron chi connectivity index (χ4n) is 10.8. The SMILES string of the molecule is c1cc(-c2ccc(N(c3ccc(-c4ccc(-c5ccc6c(ccc7ccccc76)c5)cc4)cc3)c3ccc4oc5c6ccccc6ccc5c4c3)cc2)cc(-n2c3ccccc3c3ccccc32)c1. The molecule has 3 nitrogen and oxygen atoms in total. The molecule has 0 aliphatic heterocycles. The molecular formula is C66H42N2O. The van der Waals surface area contributed by atoms with E-state index in [9.17, 15) is 0 Å². The Morgan fingerprint density at radius 3 is 1.43 bits per heavy atom. The van der Waals surface area contributed by atoms with Crippen LogP contribution in [0.25, 0.3) is 115 Å². The molecule has 0 atom stereocenters. The molecule has 0 amide bonds. The molecule has 0 N–H and O–H groups in total. The quantitative estimate of drug-likeness (QED) is 0.149. The minimum atomic E-state index is 0.875. The number of furan rings is 1. The summed E-state index contributed by atoms with van der Waals surface area (Å²) >= 11 is 0. The molecule has 0 radical (unpaired) electrons. The van der Waals surface area contributed by atoms with Gasteiger partial charge in [-0.25, -0.2) is 0 Å². The normalized spacial score (nSPS) is 11.8. The molecule has 2 aromatic heterocycles. The molecule has 12 aromatic carbocycles. The van der Waals surface area contributed by atoms with Crippen LogP contribution < -0.4 is 4.90 Å². The number of fused-ring (bicyclic) bond motifs is 11. The minimum Gasteiger partial charge on any atom is -0.455 e. The highest BCUT2D eigenvalue weighted by molar-refractivity contribution is 6.16. The summed E-state index contributed by atoms with van der Waals surface area (Å²) in [5.41, 5.74) is 15.6. The minimum absolute atomic E-state index is 0.875. The van der Waals surface area contributed by atoms with E-state index in [1.54, 1.807) is 0 Å². The van der Waals surface area contributed by atoms with Crippen LogP contribution in [0.15, 0.2) is 259 Å². The maximum absolute atomic E-state index is 6.58. The van der Waals surface area contributed by atoms with Crippen molar-refractivity contribution in [2.75, 3.05) is 4.90 Å². The Balaban J connectivity index is 0.826. The van der Waals surface area contributed by atoms with Crippen LogP contribution >= 0.6 is 0 Å². The Kier molecular flexibility index (Phi) is 8.90. The Labute approximate surface area is 399 Å². The highest BCUT2D eigenvalue weighted by atomic mass is 16.3. The molecule has 14 rings (SSSR count). The molecule has 69 heavy (non-hydrogen) atoms. The van der Waals surface area contributed by atoms with Gasteiger partial charge in [0.25, 0.3) is 0 Å². The summed E-state index contributed by atoms with van der Waals surface area (Å²) in [4.78, 5) is 2.35. The Morgan fingerprint density at radius 1 is 0.275 bits per heavy atom. The largest absolute Gasteiger partial charge is 0.455 e. The second-order valence-corrected chi connectivity index (χ2v) is 18.1. The van der Waals surface area contributed by atoms with Gasteiger partial charge in [-0.05, 0) is 139 Å². The van der Waals surface area contributed by atoms with Crippen LogP contribution in [0.3, 0.4) is 0 Å². The molecular weight excluding hydrogens is 837 g/mol. The number of anilines is 3. The second kappa shape index (κ2) is 15.7. The fourth-order valence-corrected chi connectivity index (χ4v) is 10.8. The third-order valence-corrected chi connectivity index (χ3v) is 14.2. The predicted octanol–water partition coefficient (Wildman–Crippen LogP) is 18.6. The standard InChI is InChI=1S/C66H42N2O/c1-3-14-56-47(10-1)24-25-51-40-50(31-37-57(51)56)45-22-20-43(21-23-45)44-26-32-52(33-27-44)67(55-36-39-65-62(42-55)61-38-30-48-11-2-4-15-58(48)66(61)69-65)53-34-28-46(29-35-53)49-12-9-13-54(41-49)68-63-18-7-5-16-59(63)60-17-6-8-19-64(60)68/h1-42H. The average molecular weight is 879 g/mol. The third kappa shape index (κ3) is 6.51. The van der Waals surface area contributed by atoms with E-state index in [0.29, 0.717) is 0 Å². The fraction of sp³-hybridized carbons (Fsp3) is 0. The predicted molar refractivity (Wildman–Crippen MR) is 292 cm³/mol. The van der Waals surface area contributed by atoms with Crippen LogP contribution in [0, 0.1) is 0 Å². The van der Waals surface area contributed by atoms with Gasteiger partial charge in [-0.1, -0.05) is 176 Å². The van der Waals surface area contributed by atoms with Crippen molar-refractivity contribution >= 4 is 93.1 Å². The summed E-state index contributed by atoms with van der Waals surface area (Å²) in [7, 11) is 0. The van der Waals surface area contributed by atoms with Gasteiger partial charge in [0.1, 0.15) is 11.2 Å². The number of hydrogen-bond acceptors (Lipinski definition) is 2. The lowest BCUT2D eigenvalue weighted by Crippen LogP contribution is -2.09. The van der Waals surface area contributed by atoms with Gasteiger partial charge in [-0.2, -0.15) is 0 Å². The van der Waals surface area contributed by atoms with Gasteiger partial charge < -0.3 is 13.9 Å². The summed E-state index contributed by atoms with van der Waals surface area (Å²) in [5.74, 6) is 0. The van der Waals surface area contributed by atoms with Gasteiger partial charge in [0, 0.05) is 49.7 Å². The first-order valence-corrected chi connectivity index (χ1v) is 23.6. The summed E-state index contributed by atoms with van der Waals surface area (Å²) in [6, 6.07) is 92.5. The Bertz CT molecular complexity index is 4240. The van der Waals surface area contributed by atoms with E-state index >= 15 is 0 Å². The van der Waals surface area contributed by atoms with Crippen molar-refractivity contribution in [2.45, 2.75) is 0 Å². The number of benzene rings is 12. The molecule has 0 aliphatic carbocycles. The number of aromatic nitrogens is 1. The zero-order chi connectivity index (χ0) is 45.4. The van der Waals surface area contributed by atoms with E-state index < -0.39 is 0 Å². The molecule has 0 unspecified atom stereocenters. The lowest BCUT2D eigenvalue weighted by atomic mass is 9.96. The Morgan fingerprint density at radius 2 is 0.754 bits per heavy atom. The second-order valence-electron chi connectivity index (χ2n) is 18.1. The van der Waals surface area contributed by atoms with E-state index in [1.165, 1.54) is 65.4 Å². The number of hydrogen-bond donors (Lipinski definition) is 0. The van der Waals surface area contributed by atoms with E-state index in [4.69, 9.17) is 4.42 Å². The van der Waals surface area contributed by atoms with Gasteiger partial charge in [-0.15, -0.1) is 0 Å². The van der Waals surface area contributed by atoms with Crippen molar-refractivity contribution in [2.24, 2.45) is 0 Å². The average Bonchev–Trinajstić information content (AvgIpc) is 3.97. The molecule has 0 bridgehead atoms. The van der Waals surface area contributed by atoms with Gasteiger partial charge >= 0.3 is 0 Å². The van der Waals surface area contributed by atoms with E-state index in [2.05, 4.69) is 264 Å². The van der Waals surface area contributed by atoms with E-state index in [0.717, 1.165) is 66.8 Å². The molecule has 0 saturated carbocycles. The lowest BCUT2D eigenvalue weighted by molar-refractivity contribution is 0.672. The highest BCUT2D eigenvalue weighted by Crippen LogP contribution is 2.42. The van der Waals surface area contributed by atoms with E-state index in [1.807, 2.05) is 0 Å². The van der Waals surface area contributed by atoms with Crippen LogP contribution in [0.5, 0.6) is 0 Å². The maximum Gasteiger partial charge on any atom is 0.143 e. The van der Waals surface area contributed by atoms with Crippen LogP contribution in [0.1, 0.15) is 0 Å². The lowest BCUT2D eigenvalue weighted by Gasteiger charge is -2.26. The smallest absolute Gasteiger partial charge is 0.143 e. The first-order valence-electron chi connectivity index (χ1n) is 23.6. The molecule has 3 heteroatoms. The monoisotopic (exact) mass is 878 g/mol. The number of rotatable bonds is 7. The van der Waals surface area contributed by atoms with Gasteiger partial charge in [0.15, 0.2) is 0 Å². The molecule has 0 aliphatic rings. The zero-order valence-corrected chi connectivity index (χ0v) is 37.6. The molecule has 0 spiro atoms. The summed E-state index contributed by atoms with van der Waals surface area (Å²) in [6.07, 6.45) is 0. The van der Waals surface area contributed by atoms with Crippen molar-refractivity contribution < 1.29 is 4.42 Å². The summed E-state index contributed by atoms with van der Waals surface area (Å²) < 4.78 is 8.96. The first-order chi connectivity index (χ1) is 34.2. The molecule has 14 aromatic rings. The molecule has 322 valence electrons. The first kappa shape index (κ1) is 39.0. The zero-order valence-electron chi connectivity index (χ0n) is 37.6. The Hall–Kier alpha value is -9.18. The molecule has 0 fully saturated rings. The van der Waals surface area contributed by atoms with Crippen LogP contribution in [-0.4, -0.2) is 4.57 Å². The van der Waals surface area contributed by atoms with E-state index in [-0.39, 0.29) is 0 Å². The maximum atomic E-state index is 6.58. The van der Waals surface area contributed by atoms with Crippen LogP contribution in [-0.2, 0) is 0 Å². The highest BCUT2D eigenvalue weighted by Gasteiger charge is 2.18. The number of para-hydroxylation sites is 2. The van der Waals surface area contributed by atoms with Gasteiger partial charge in [-0.3, -0.25) is 0 Å². The van der Waals surface area contributed by atoms with Crippen LogP contribution in [0.4, 0.5) is 17.1 Å². The molecule has 2 heterocycles. The van der Waals surface area contributed by atoms with Crippen molar-refractivity contribution in [3.63, 3.8) is 0 Å². The summed E-state index contributed by atoms with van der Waals surface area (Å²) in [5, 5.41) is 12.1. The third-order valence-electron chi connectivity index (χ3n) is 14.2. The summed E-state index contributed by atoms with van der Waals surface area (Å²) in [6.45, 7) is 0. The van der Waals surface area contributed by atoms with Crippen LogP contribution in [0.2, 0.25) is 0 Å². The molecule has 0 saturated heterocycles.